The zero-order valence-electron chi connectivity index (χ0n) is 14.1. The van der Waals surface area contributed by atoms with E-state index in [-0.39, 0.29) is 0 Å². The molecule has 0 aliphatic heterocycles. The monoisotopic (exact) mass is 332 g/mol. The van der Waals surface area contributed by atoms with Crippen molar-refractivity contribution < 1.29 is 4.74 Å². The van der Waals surface area contributed by atoms with Gasteiger partial charge in [0.1, 0.15) is 12.4 Å². The third-order valence-corrected chi connectivity index (χ3v) is 3.81. The van der Waals surface area contributed by atoms with Gasteiger partial charge in [0.05, 0.1) is 0 Å². The molecule has 0 unspecified atom stereocenters. The zero-order valence-corrected chi connectivity index (χ0v) is 14.9. The summed E-state index contributed by atoms with van der Waals surface area (Å²) in [6.45, 7) is 3.32. The van der Waals surface area contributed by atoms with E-state index >= 15 is 0 Å². The average molecular weight is 333 g/mol. The van der Waals surface area contributed by atoms with E-state index in [1.165, 1.54) is 11.1 Å². The Balaban J connectivity index is 1.81. The molecule has 0 atom stereocenters. The van der Waals surface area contributed by atoms with Crippen molar-refractivity contribution in [2.75, 3.05) is 34.3 Å². The van der Waals surface area contributed by atoms with E-state index in [1.54, 1.807) is 0 Å². The first-order valence-corrected chi connectivity index (χ1v) is 8.21. The molecule has 0 aromatic heterocycles. The Labute approximate surface area is 144 Å². The molecule has 4 heteroatoms. The van der Waals surface area contributed by atoms with Gasteiger partial charge in [-0.1, -0.05) is 41.9 Å². The lowest BCUT2D eigenvalue weighted by atomic mass is 10.2. The van der Waals surface area contributed by atoms with Crippen molar-refractivity contribution in [3.8, 4) is 5.75 Å². The van der Waals surface area contributed by atoms with Crippen LogP contribution in [0, 0.1) is 0 Å². The topological polar surface area (TPSA) is 15.7 Å². The van der Waals surface area contributed by atoms with E-state index in [0.29, 0.717) is 6.61 Å². The molecule has 2 aromatic rings. The van der Waals surface area contributed by atoms with Crippen LogP contribution in [0.3, 0.4) is 0 Å². The summed E-state index contributed by atoms with van der Waals surface area (Å²) in [5, 5.41) is 0.775. The van der Waals surface area contributed by atoms with E-state index in [4.69, 9.17) is 16.3 Å². The van der Waals surface area contributed by atoms with E-state index in [2.05, 4.69) is 55.2 Å². The minimum absolute atomic E-state index is 0.675. The van der Waals surface area contributed by atoms with Crippen LogP contribution in [0.25, 0.3) is 0 Å². The summed E-state index contributed by atoms with van der Waals surface area (Å²) in [5.74, 6) is 0.973. The van der Waals surface area contributed by atoms with E-state index in [9.17, 15) is 0 Å². The van der Waals surface area contributed by atoms with Crippen LogP contribution in [0.15, 0.2) is 48.5 Å². The van der Waals surface area contributed by atoms with Crippen LogP contribution in [-0.2, 0) is 13.1 Å². The second-order valence-electron chi connectivity index (χ2n) is 6.06. The van der Waals surface area contributed by atoms with Crippen molar-refractivity contribution >= 4 is 11.6 Å². The lowest BCUT2D eigenvalue weighted by Crippen LogP contribution is -2.24. The first-order valence-electron chi connectivity index (χ1n) is 7.83. The number of halogens is 1. The maximum atomic E-state index is 5.98. The highest BCUT2D eigenvalue weighted by Gasteiger charge is 2.05. The molecule has 0 saturated heterocycles. The zero-order chi connectivity index (χ0) is 16.7. The van der Waals surface area contributed by atoms with Gasteiger partial charge in [-0.25, -0.2) is 0 Å². The quantitative estimate of drug-likeness (QED) is 0.729. The molecule has 0 radical (unpaired) electrons. The molecule has 23 heavy (non-hydrogen) atoms. The minimum Gasteiger partial charge on any atom is -0.492 e. The smallest absolute Gasteiger partial charge is 0.123 e. The molecule has 0 aliphatic rings. The molecule has 0 fully saturated rings. The molecule has 0 aliphatic carbocycles. The van der Waals surface area contributed by atoms with E-state index < -0.39 is 0 Å². The molecule has 0 N–H and O–H groups in total. The SMILES string of the molecule is CN(C)Cc1ccccc1OCCN(C)Cc1ccc(Cl)cc1. The Morgan fingerprint density at radius 1 is 0.913 bits per heavy atom. The first kappa shape index (κ1) is 17.8. The lowest BCUT2D eigenvalue weighted by Gasteiger charge is -2.19. The van der Waals surface area contributed by atoms with Gasteiger partial charge in [-0.15, -0.1) is 0 Å². The Bertz CT molecular complexity index is 599. The molecular formula is C19H25ClN2O. The second kappa shape index (κ2) is 8.92. The van der Waals surface area contributed by atoms with Crippen molar-refractivity contribution in [2.24, 2.45) is 0 Å². The number of ether oxygens (including phenoxy) is 1. The van der Waals surface area contributed by atoms with Crippen LogP contribution in [0.2, 0.25) is 5.02 Å². The average Bonchev–Trinajstić information content (AvgIpc) is 2.51. The molecule has 3 nitrogen and oxygen atoms in total. The van der Waals surface area contributed by atoms with Crippen LogP contribution in [0.4, 0.5) is 0 Å². The fourth-order valence-corrected chi connectivity index (χ4v) is 2.53. The predicted molar refractivity (Wildman–Crippen MR) is 97.1 cm³/mol. The van der Waals surface area contributed by atoms with Gasteiger partial charge in [0.15, 0.2) is 0 Å². The van der Waals surface area contributed by atoms with Gasteiger partial charge >= 0.3 is 0 Å². The Kier molecular flexibility index (Phi) is 6.90. The number of benzene rings is 2. The summed E-state index contributed by atoms with van der Waals surface area (Å²) >= 11 is 5.91. The summed E-state index contributed by atoms with van der Waals surface area (Å²) in [5.41, 5.74) is 2.47. The van der Waals surface area contributed by atoms with Crippen LogP contribution >= 0.6 is 11.6 Å². The largest absolute Gasteiger partial charge is 0.492 e. The molecule has 0 amide bonds. The molecule has 0 saturated carbocycles. The van der Waals surface area contributed by atoms with Crippen LogP contribution in [0.1, 0.15) is 11.1 Å². The number of hydrogen-bond donors (Lipinski definition) is 0. The molecular weight excluding hydrogens is 308 g/mol. The number of rotatable bonds is 8. The molecule has 0 spiro atoms. The highest BCUT2D eigenvalue weighted by Crippen LogP contribution is 2.19. The third-order valence-electron chi connectivity index (χ3n) is 3.56. The van der Waals surface area contributed by atoms with E-state index in [0.717, 1.165) is 30.4 Å². The molecule has 2 rings (SSSR count). The summed E-state index contributed by atoms with van der Waals surface area (Å²) in [6, 6.07) is 16.2. The highest BCUT2D eigenvalue weighted by atomic mass is 35.5. The fourth-order valence-electron chi connectivity index (χ4n) is 2.41. The van der Waals surface area contributed by atoms with Crippen molar-refractivity contribution in [2.45, 2.75) is 13.1 Å². The fraction of sp³-hybridized carbons (Fsp3) is 0.368. The Hall–Kier alpha value is -1.55. The third kappa shape index (κ3) is 6.22. The maximum absolute atomic E-state index is 5.98. The summed E-state index contributed by atoms with van der Waals surface area (Å²) in [7, 11) is 6.23. The van der Waals surface area contributed by atoms with Gasteiger partial charge in [0.2, 0.25) is 0 Å². The minimum atomic E-state index is 0.675. The van der Waals surface area contributed by atoms with Crippen LogP contribution in [-0.4, -0.2) is 44.1 Å². The predicted octanol–water partition coefficient (Wildman–Crippen LogP) is 3.91. The van der Waals surface area contributed by atoms with Crippen molar-refractivity contribution in [3.05, 3.63) is 64.7 Å². The lowest BCUT2D eigenvalue weighted by molar-refractivity contribution is 0.229. The standard InChI is InChI=1S/C19H25ClN2O/c1-21(2)15-17-6-4-5-7-19(17)23-13-12-22(3)14-16-8-10-18(20)11-9-16/h4-11H,12-15H2,1-3H3. The van der Waals surface area contributed by atoms with Crippen molar-refractivity contribution in [1.29, 1.82) is 0 Å². The maximum Gasteiger partial charge on any atom is 0.123 e. The van der Waals surface area contributed by atoms with Gasteiger partial charge in [-0.2, -0.15) is 0 Å². The van der Waals surface area contributed by atoms with Crippen LogP contribution in [0.5, 0.6) is 5.75 Å². The number of nitrogens with zero attached hydrogens (tertiary/aromatic N) is 2. The molecule has 2 aromatic carbocycles. The number of hydrogen-bond acceptors (Lipinski definition) is 3. The summed E-state index contributed by atoms with van der Waals surface area (Å²) < 4.78 is 5.98. The van der Waals surface area contributed by atoms with Gasteiger partial charge in [-0.3, -0.25) is 4.90 Å². The van der Waals surface area contributed by atoms with Gasteiger partial charge < -0.3 is 9.64 Å². The number of likely N-dealkylation sites (N-methyl/N-ethyl adjacent to an activating group) is 1. The molecule has 124 valence electrons. The van der Waals surface area contributed by atoms with Crippen molar-refractivity contribution in [3.63, 3.8) is 0 Å². The summed E-state index contributed by atoms with van der Waals surface area (Å²) in [6.07, 6.45) is 0. The molecule has 0 bridgehead atoms. The van der Waals surface area contributed by atoms with Gasteiger partial charge in [0, 0.05) is 30.2 Å². The van der Waals surface area contributed by atoms with Gasteiger partial charge in [-0.05, 0) is 44.9 Å². The van der Waals surface area contributed by atoms with E-state index in [1.807, 2.05) is 24.3 Å². The normalized spacial score (nSPS) is 11.2. The van der Waals surface area contributed by atoms with Crippen molar-refractivity contribution in [1.82, 2.24) is 9.80 Å². The highest BCUT2D eigenvalue weighted by molar-refractivity contribution is 6.30. The number of para-hydroxylation sites is 1. The second-order valence-corrected chi connectivity index (χ2v) is 6.49. The summed E-state index contributed by atoms with van der Waals surface area (Å²) in [4.78, 5) is 4.40. The first-order chi connectivity index (χ1) is 11.0. The molecule has 0 heterocycles. The van der Waals surface area contributed by atoms with Crippen LogP contribution < -0.4 is 4.74 Å². The Morgan fingerprint density at radius 2 is 1.61 bits per heavy atom. The van der Waals surface area contributed by atoms with Gasteiger partial charge in [0.25, 0.3) is 0 Å². The Morgan fingerprint density at radius 3 is 2.30 bits per heavy atom.